The molecule has 0 aliphatic heterocycles. The van der Waals surface area contributed by atoms with Gasteiger partial charge in [-0.15, -0.1) is 0 Å². The molecule has 1 nitrogen and oxygen atoms in total. The summed E-state index contributed by atoms with van der Waals surface area (Å²) < 4.78 is 6.11. The molecule has 1 heteroatoms. The van der Waals surface area contributed by atoms with Crippen LogP contribution in [0.5, 0.6) is 0 Å². The molecule has 0 aromatic carbocycles. The predicted octanol–water partition coefficient (Wildman–Crippen LogP) is 5.54. The molecule has 2 bridgehead atoms. The number of rotatable bonds is 3. The van der Waals surface area contributed by atoms with Gasteiger partial charge in [0.2, 0.25) is 0 Å². The van der Waals surface area contributed by atoms with E-state index in [1.807, 2.05) is 27.7 Å². The van der Waals surface area contributed by atoms with Crippen molar-refractivity contribution < 1.29 is 4.74 Å². The lowest BCUT2D eigenvalue weighted by atomic mass is 9.80. The van der Waals surface area contributed by atoms with Crippen LogP contribution in [0, 0.1) is 29.6 Å². The molecule has 3 rings (SSSR count). The van der Waals surface area contributed by atoms with Gasteiger partial charge >= 0.3 is 0 Å². The summed E-state index contributed by atoms with van der Waals surface area (Å²) >= 11 is 0. The first-order valence-corrected chi connectivity index (χ1v) is 8.87. The zero-order chi connectivity index (χ0) is 14.4. The number of hydrogen-bond donors (Lipinski definition) is 0. The maximum Gasteiger partial charge on any atom is 0.0609 e. The summed E-state index contributed by atoms with van der Waals surface area (Å²) in [5, 5.41) is 0. The van der Waals surface area contributed by atoms with Gasteiger partial charge in [0.15, 0.2) is 0 Å². The quantitative estimate of drug-likeness (QED) is 0.653. The van der Waals surface area contributed by atoms with Crippen LogP contribution < -0.4 is 0 Å². The molecule has 0 spiro atoms. The molecule has 19 heavy (non-hydrogen) atoms. The van der Waals surface area contributed by atoms with Crippen molar-refractivity contribution in [1.82, 2.24) is 0 Å². The van der Waals surface area contributed by atoms with Gasteiger partial charge in [0.1, 0.15) is 0 Å². The highest BCUT2D eigenvalue weighted by Crippen LogP contribution is 2.59. The van der Waals surface area contributed by atoms with Gasteiger partial charge in [0.25, 0.3) is 0 Å². The van der Waals surface area contributed by atoms with Crippen LogP contribution >= 0.6 is 0 Å². The van der Waals surface area contributed by atoms with Crippen molar-refractivity contribution in [2.45, 2.75) is 79.8 Å². The van der Waals surface area contributed by atoms with E-state index in [4.69, 9.17) is 4.74 Å². The molecule has 3 saturated carbocycles. The molecule has 0 heterocycles. The summed E-state index contributed by atoms with van der Waals surface area (Å²) in [6, 6.07) is 0. The Balaban J connectivity index is 0.000000415. The number of hydrogen-bond acceptors (Lipinski definition) is 1. The monoisotopic (exact) mass is 268 g/mol. The largest absolute Gasteiger partial charge is 0.378 e. The van der Waals surface area contributed by atoms with Crippen molar-refractivity contribution in [3.63, 3.8) is 0 Å². The van der Waals surface area contributed by atoms with Gasteiger partial charge in [-0.3, -0.25) is 0 Å². The molecule has 5 atom stereocenters. The maximum absolute atomic E-state index is 6.11. The van der Waals surface area contributed by atoms with Crippen LogP contribution in [0.2, 0.25) is 0 Å². The lowest BCUT2D eigenvalue weighted by molar-refractivity contribution is -0.0214. The van der Waals surface area contributed by atoms with Crippen LogP contribution in [-0.4, -0.2) is 12.7 Å². The van der Waals surface area contributed by atoms with Crippen molar-refractivity contribution in [2.75, 3.05) is 6.61 Å². The normalized spacial score (nSPS) is 38.4. The van der Waals surface area contributed by atoms with E-state index in [9.17, 15) is 0 Å². The third-order valence-electron chi connectivity index (χ3n) is 5.01. The van der Waals surface area contributed by atoms with Crippen molar-refractivity contribution >= 4 is 0 Å². The summed E-state index contributed by atoms with van der Waals surface area (Å²) in [6.45, 7) is 13.5. The van der Waals surface area contributed by atoms with Gasteiger partial charge in [-0.1, -0.05) is 48.0 Å². The highest BCUT2D eigenvalue weighted by atomic mass is 16.5. The minimum absolute atomic E-state index is 0.636. The number of ether oxygens (including phenoxy) is 1. The third kappa shape index (κ3) is 3.74. The van der Waals surface area contributed by atoms with Crippen molar-refractivity contribution in [3.05, 3.63) is 0 Å². The predicted molar refractivity (Wildman–Crippen MR) is 84.3 cm³/mol. The van der Waals surface area contributed by atoms with E-state index in [1.165, 1.54) is 32.1 Å². The lowest BCUT2D eigenvalue weighted by Gasteiger charge is -2.31. The van der Waals surface area contributed by atoms with Crippen molar-refractivity contribution in [3.8, 4) is 0 Å². The summed E-state index contributed by atoms with van der Waals surface area (Å²) in [5.41, 5.74) is 0. The molecule has 5 unspecified atom stereocenters. The molecule has 3 aliphatic rings. The molecular weight excluding hydrogens is 232 g/mol. The van der Waals surface area contributed by atoms with E-state index in [0.717, 1.165) is 30.3 Å². The summed E-state index contributed by atoms with van der Waals surface area (Å²) in [6.07, 6.45) is 8.06. The zero-order valence-corrected chi connectivity index (χ0v) is 14.1. The second-order valence-electron chi connectivity index (χ2n) is 6.42. The first kappa shape index (κ1) is 17.0. The second kappa shape index (κ2) is 8.29. The minimum atomic E-state index is 0.636. The van der Waals surface area contributed by atoms with E-state index < -0.39 is 0 Å². The highest BCUT2D eigenvalue weighted by molar-refractivity contribution is 5.03. The second-order valence-corrected chi connectivity index (χ2v) is 6.42. The molecule has 0 amide bonds. The minimum Gasteiger partial charge on any atom is -0.378 e. The average Bonchev–Trinajstić information content (AvgIpc) is 3.13. The molecule has 0 saturated heterocycles. The van der Waals surface area contributed by atoms with E-state index in [2.05, 4.69) is 13.8 Å². The molecule has 0 N–H and O–H groups in total. The number of fused-ring (bicyclic) bond motifs is 5. The first-order valence-electron chi connectivity index (χ1n) is 8.87. The summed E-state index contributed by atoms with van der Waals surface area (Å²) in [4.78, 5) is 0. The highest BCUT2D eigenvalue weighted by Gasteiger charge is 2.54. The van der Waals surface area contributed by atoms with Crippen LogP contribution in [0.25, 0.3) is 0 Å². The standard InChI is InChI=1S/C14H24O.2C2H6/c1-9(2)8-15-14-7-10-6-13(14)12-5-3-4-11(10)12;2*1-2/h9-14H,3-8H2,1-2H3;2*1-2H3. The molecule has 0 aromatic heterocycles. The van der Waals surface area contributed by atoms with Gasteiger partial charge in [-0.05, 0) is 55.3 Å². The SMILES string of the molecule is CC.CC.CC(C)COC1CC2CC1C1CCCC21. The Morgan fingerprint density at radius 2 is 1.53 bits per heavy atom. The molecule has 0 aromatic rings. The maximum atomic E-state index is 6.11. The Labute approximate surface area is 121 Å². The van der Waals surface area contributed by atoms with Crippen molar-refractivity contribution in [2.24, 2.45) is 29.6 Å². The lowest BCUT2D eigenvalue weighted by Crippen LogP contribution is -2.31. The van der Waals surface area contributed by atoms with Gasteiger partial charge in [0, 0.05) is 6.61 Å². The molecule has 0 radical (unpaired) electrons. The van der Waals surface area contributed by atoms with Crippen LogP contribution in [0.1, 0.15) is 73.6 Å². The van der Waals surface area contributed by atoms with Crippen LogP contribution in [0.15, 0.2) is 0 Å². The Bertz CT molecular complexity index is 236. The van der Waals surface area contributed by atoms with E-state index in [-0.39, 0.29) is 0 Å². The molecule has 3 aliphatic carbocycles. The van der Waals surface area contributed by atoms with Crippen LogP contribution in [0.3, 0.4) is 0 Å². The summed E-state index contributed by atoms with van der Waals surface area (Å²) in [5.74, 6) is 4.85. The fraction of sp³-hybridized carbons (Fsp3) is 1.00. The van der Waals surface area contributed by atoms with Crippen LogP contribution in [0.4, 0.5) is 0 Å². The molecule has 114 valence electrons. The van der Waals surface area contributed by atoms with Gasteiger partial charge < -0.3 is 4.74 Å². The topological polar surface area (TPSA) is 9.23 Å². The molecular formula is C18H36O. The third-order valence-corrected chi connectivity index (χ3v) is 5.01. The van der Waals surface area contributed by atoms with Gasteiger partial charge in [-0.25, -0.2) is 0 Å². The first-order chi connectivity index (χ1) is 9.25. The van der Waals surface area contributed by atoms with E-state index in [0.29, 0.717) is 12.0 Å². The average molecular weight is 268 g/mol. The van der Waals surface area contributed by atoms with E-state index >= 15 is 0 Å². The van der Waals surface area contributed by atoms with Gasteiger partial charge in [-0.2, -0.15) is 0 Å². The fourth-order valence-electron chi connectivity index (χ4n) is 4.51. The van der Waals surface area contributed by atoms with Crippen molar-refractivity contribution in [1.29, 1.82) is 0 Å². The Kier molecular flexibility index (Phi) is 7.42. The fourth-order valence-corrected chi connectivity index (χ4v) is 4.51. The smallest absolute Gasteiger partial charge is 0.0609 e. The van der Waals surface area contributed by atoms with Gasteiger partial charge in [0.05, 0.1) is 6.10 Å². The Hall–Kier alpha value is -0.0400. The summed E-state index contributed by atoms with van der Waals surface area (Å²) in [7, 11) is 0. The molecule has 3 fully saturated rings. The van der Waals surface area contributed by atoms with E-state index in [1.54, 1.807) is 0 Å². The Morgan fingerprint density at radius 3 is 2.16 bits per heavy atom. The zero-order valence-electron chi connectivity index (χ0n) is 14.1. The van der Waals surface area contributed by atoms with Crippen LogP contribution in [-0.2, 0) is 4.74 Å². The Morgan fingerprint density at radius 1 is 0.895 bits per heavy atom.